The van der Waals surface area contributed by atoms with Crippen LogP contribution >= 0.6 is 22.9 Å². The van der Waals surface area contributed by atoms with Crippen molar-refractivity contribution in [2.24, 2.45) is 0 Å². The molecule has 1 N–H and O–H groups in total. The summed E-state index contributed by atoms with van der Waals surface area (Å²) in [4.78, 5) is 12.8. The molecule has 0 bridgehead atoms. The van der Waals surface area contributed by atoms with Gasteiger partial charge >= 0.3 is 0 Å². The van der Waals surface area contributed by atoms with E-state index in [4.69, 9.17) is 21.1 Å². The second-order valence-corrected chi connectivity index (χ2v) is 9.29. The van der Waals surface area contributed by atoms with Crippen molar-refractivity contribution in [3.05, 3.63) is 39.5 Å². The molecule has 1 fully saturated rings. The maximum Gasteiger partial charge on any atom is 0.265 e. The smallest absolute Gasteiger partial charge is 0.265 e. The molecule has 0 saturated carbocycles. The molecule has 0 radical (unpaired) electrons. The number of nitrogens with zero attached hydrogens (tertiary/aromatic N) is 1. The minimum Gasteiger partial charge on any atom is -0.492 e. The molecule has 0 atom stereocenters. The topological polar surface area (TPSA) is 84.9 Å². The highest BCUT2D eigenvalue weighted by molar-refractivity contribution is 7.89. The van der Waals surface area contributed by atoms with E-state index in [-0.39, 0.29) is 29.6 Å². The Morgan fingerprint density at radius 2 is 2.04 bits per heavy atom. The van der Waals surface area contributed by atoms with Crippen LogP contribution in [-0.4, -0.2) is 51.5 Å². The van der Waals surface area contributed by atoms with Crippen LogP contribution in [0.5, 0.6) is 5.75 Å². The van der Waals surface area contributed by atoms with E-state index in [9.17, 15) is 13.2 Å². The maximum absolute atomic E-state index is 13.1. The van der Waals surface area contributed by atoms with E-state index < -0.39 is 10.0 Å². The summed E-state index contributed by atoms with van der Waals surface area (Å²) < 4.78 is 38.7. The van der Waals surface area contributed by atoms with Gasteiger partial charge in [0.25, 0.3) is 5.91 Å². The number of thiophene rings is 1. The van der Waals surface area contributed by atoms with E-state index in [0.717, 1.165) is 11.3 Å². The number of anilines is 1. The quantitative estimate of drug-likeness (QED) is 0.761. The summed E-state index contributed by atoms with van der Waals surface area (Å²) in [6.45, 7) is 3.35. The van der Waals surface area contributed by atoms with Crippen molar-refractivity contribution < 1.29 is 22.7 Å². The van der Waals surface area contributed by atoms with Crippen molar-refractivity contribution in [3.63, 3.8) is 0 Å². The van der Waals surface area contributed by atoms with Gasteiger partial charge in [0.1, 0.15) is 10.6 Å². The van der Waals surface area contributed by atoms with Crippen molar-refractivity contribution in [1.29, 1.82) is 0 Å². The van der Waals surface area contributed by atoms with Gasteiger partial charge < -0.3 is 14.8 Å². The minimum absolute atomic E-state index is 0.0215. The third-order valence-electron chi connectivity index (χ3n) is 3.89. The number of nitrogens with one attached hydrogen (secondary N) is 1. The lowest BCUT2D eigenvalue weighted by atomic mass is 10.3. The molecule has 1 aliphatic heterocycles. The van der Waals surface area contributed by atoms with Crippen LogP contribution in [0.3, 0.4) is 0 Å². The van der Waals surface area contributed by atoms with Crippen LogP contribution in [0.25, 0.3) is 0 Å². The first-order chi connectivity index (χ1) is 12.9. The molecule has 146 valence electrons. The SMILES string of the molecule is CCOc1ccc(NC(=O)c2ccc(Cl)s2)cc1S(=O)(=O)N1CCOCC1. The number of hydrogen-bond donors (Lipinski definition) is 1. The average molecular weight is 431 g/mol. The van der Waals surface area contributed by atoms with E-state index in [1.807, 2.05) is 0 Å². The van der Waals surface area contributed by atoms with Crippen LogP contribution in [0.1, 0.15) is 16.6 Å². The van der Waals surface area contributed by atoms with Gasteiger partial charge in [-0.15, -0.1) is 11.3 Å². The predicted molar refractivity (Wildman–Crippen MR) is 104 cm³/mol. The van der Waals surface area contributed by atoms with Crippen LogP contribution in [0.4, 0.5) is 5.69 Å². The first kappa shape index (κ1) is 20.1. The van der Waals surface area contributed by atoms with Crippen molar-refractivity contribution >= 4 is 44.6 Å². The Bertz CT molecular complexity index is 923. The Morgan fingerprint density at radius 3 is 2.67 bits per heavy atom. The molecule has 1 saturated heterocycles. The van der Waals surface area contributed by atoms with Crippen molar-refractivity contribution in [3.8, 4) is 5.75 Å². The van der Waals surface area contributed by atoms with Gasteiger partial charge in [-0.3, -0.25) is 4.79 Å². The first-order valence-electron chi connectivity index (χ1n) is 8.33. The predicted octanol–water partition coefficient (Wildman–Crippen LogP) is 3.07. The third-order valence-corrected chi connectivity index (χ3v) is 7.04. The van der Waals surface area contributed by atoms with Gasteiger partial charge in [0.2, 0.25) is 10.0 Å². The number of benzene rings is 1. The molecule has 10 heteroatoms. The fourth-order valence-electron chi connectivity index (χ4n) is 2.62. The molecule has 0 unspecified atom stereocenters. The van der Waals surface area contributed by atoms with Gasteiger partial charge in [0.15, 0.2) is 0 Å². The Labute approximate surface area is 166 Å². The number of carbonyl (C=O) groups excluding carboxylic acids is 1. The molecular formula is C17H19ClN2O5S2. The molecule has 2 heterocycles. The molecule has 1 aromatic heterocycles. The van der Waals surface area contributed by atoms with E-state index in [1.54, 1.807) is 31.2 Å². The summed E-state index contributed by atoms with van der Waals surface area (Å²) in [5.41, 5.74) is 0.361. The summed E-state index contributed by atoms with van der Waals surface area (Å²) in [6, 6.07) is 7.82. The van der Waals surface area contributed by atoms with Gasteiger partial charge in [-0.2, -0.15) is 4.31 Å². The second kappa shape index (κ2) is 8.57. The molecule has 2 aromatic rings. The summed E-state index contributed by atoms with van der Waals surface area (Å²) in [5, 5.41) is 2.71. The zero-order chi connectivity index (χ0) is 19.4. The summed E-state index contributed by atoms with van der Waals surface area (Å²) in [5.74, 6) is -0.105. The molecule has 3 rings (SSSR count). The van der Waals surface area contributed by atoms with E-state index in [2.05, 4.69) is 5.32 Å². The number of amides is 1. The molecule has 1 aliphatic rings. The normalized spacial score (nSPS) is 15.5. The zero-order valence-corrected chi connectivity index (χ0v) is 17.0. The molecule has 7 nitrogen and oxygen atoms in total. The highest BCUT2D eigenvalue weighted by atomic mass is 35.5. The van der Waals surface area contributed by atoms with Crippen molar-refractivity contribution in [2.45, 2.75) is 11.8 Å². The number of carbonyl (C=O) groups is 1. The fraction of sp³-hybridized carbons (Fsp3) is 0.353. The number of sulfonamides is 1. The van der Waals surface area contributed by atoms with E-state index >= 15 is 0 Å². The van der Waals surface area contributed by atoms with Crippen LogP contribution in [0.2, 0.25) is 4.34 Å². The van der Waals surface area contributed by atoms with Crippen LogP contribution in [0, 0.1) is 0 Å². The Morgan fingerprint density at radius 1 is 1.30 bits per heavy atom. The van der Waals surface area contributed by atoms with Crippen LogP contribution < -0.4 is 10.1 Å². The summed E-state index contributed by atoms with van der Waals surface area (Å²) in [6.07, 6.45) is 0. The molecule has 1 aromatic carbocycles. The zero-order valence-electron chi connectivity index (χ0n) is 14.6. The number of rotatable bonds is 6. The lowest BCUT2D eigenvalue weighted by Gasteiger charge is -2.27. The van der Waals surface area contributed by atoms with Gasteiger partial charge in [-0.05, 0) is 37.3 Å². The Balaban J connectivity index is 1.91. The number of halogens is 1. The summed E-state index contributed by atoms with van der Waals surface area (Å²) in [7, 11) is -3.78. The summed E-state index contributed by atoms with van der Waals surface area (Å²) >= 11 is 7.01. The van der Waals surface area contributed by atoms with Gasteiger partial charge in [0, 0.05) is 18.8 Å². The molecular weight excluding hydrogens is 412 g/mol. The van der Waals surface area contributed by atoms with Crippen LogP contribution in [-0.2, 0) is 14.8 Å². The van der Waals surface area contributed by atoms with Crippen molar-refractivity contribution in [1.82, 2.24) is 4.31 Å². The fourth-order valence-corrected chi connectivity index (χ4v) is 5.12. The third kappa shape index (κ3) is 4.61. The minimum atomic E-state index is -3.78. The highest BCUT2D eigenvalue weighted by Crippen LogP contribution is 2.31. The second-order valence-electron chi connectivity index (χ2n) is 5.67. The van der Waals surface area contributed by atoms with Gasteiger partial charge in [-0.25, -0.2) is 8.42 Å². The average Bonchev–Trinajstić information content (AvgIpc) is 3.10. The van der Waals surface area contributed by atoms with E-state index in [0.29, 0.717) is 34.7 Å². The van der Waals surface area contributed by atoms with E-state index in [1.165, 1.54) is 10.4 Å². The Hall–Kier alpha value is -1.65. The standard InChI is InChI=1S/C17H19ClN2O5S2/c1-2-25-13-4-3-12(19-17(21)14-5-6-16(18)26-14)11-15(13)27(22,23)20-7-9-24-10-8-20/h3-6,11H,2,7-10H2,1H3,(H,19,21). The lowest BCUT2D eigenvalue weighted by molar-refractivity contribution is 0.0729. The maximum atomic E-state index is 13.1. The Kier molecular flexibility index (Phi) is 6.38. The van der Waals surface area contributed by atoms with Gasteiger partial charge in [0.05, 0.1) is 29.0 Å². The van der Waals surface area contributed by atoms with Crippen molar-refractivity contribution in [2.75, 3.05) is 38.2 Å². The largest absolute Gasteiger partial charge is 0.492 e. The number of hydrogen-bond acceptors (Lipinski definition) is 6. The van der Waals surface area contributed by atoms with Gasteiger partial charge in [-0.1, -0.05) is 11.6 Å². The first-order valence-corrected chi connectivity index (χ1v) is 11.0. The molecule has 27 heavy (non-hydrogen) atoms. The lowest BCUT2D eigenvalue weighted by Crippen LogP contribution is -2.40. The number of morpholine rings is 1. The monoisotopic (exact) mass is 430 g/mol. The number of ether oxygens (including phenoxy) is 2. The highest BCUT2D eigenvalue weighted by Gasteiger charge is 2.29. The molecule has 1 amide bonds. The van der Waals surface area contributed by atoms with Crippen LogP contribution in [0.15, 0.2) is 35.2 Å². The molecule has 0 aliphatic carbocycles. The molecule has 0 spiro atoms.